The minimum absolute atomic E-state index is 0. The molecule has 15 rings (SSSR count). The second-order valence-electron chi connectivity index (χ2n) is 25.7. The number of fused-ring (bicyclic) bond motifs is 6. The lowest BCUT2D eigenvalue weighted by atomic mass is 10.0. The van der Waals surface area contributed by atoms with E-state index in [2.05, 4.69) is 55.5 Å². The van der Waals surface area contributed by atoms with Gasteiger partial charge in [0, 0.05) is 207 Å². The zero-order valence-corrected chi connectivity index (χ0v) is 66.8. The lowest BCUT2D eigenvalue weighted by Crippen LogP contribution is -2.23. The van der Waals surface area contributed by atoms with Gasteiger partial charge in [0.05, 0.1) is 66.9 Å². The molecule has 6 aromatic carbocycles. The van der Waals surface area contributed by atoms with Crippen LogP contribution < -0.4 is 16.4 Å². The molecule has 0 aliphatic heterocycles. The molecule has 113 heavy (non-hydrogen) atoms. The third-order valence-corrected chi connectivity index (χ3v) is 22.3. The molecule has 22 nitrogen and oxygen atoms in total. The number of nitrogens with one attached hydrogen (secondary N) is 5. The summed E-state index contributed by atoms with van der Waals surface area (Å²) in [6.07, 6.45) is 17.6. The van der Waals surface area contributed by atoms with Gasteiger partial charge in [-0.1, -0.05) is 69.6 Å². The van der Waals surface area contributed by atoms with Crippen LogP contribution in [-0.2, 0) is 68.4 Å². The van der Waals surface area contributed by atoms with Crippen LogP contribution in [0.3, 0.4) is 0 Å². The molecule has 0 unspecified atom stereocenters. The first kappa shape index (κ1) is 83.6. The van der Waals surface area contributed by atoms with Crippen molar-refractivity contribution in [3.63, 3.8) is 0 Å². The maximum Gasteiger partial charge on any atom is 0.335 e. The third-order valence-electron chi connectivity index (χ3n) is 17.4. The molecule has 0 aliphatic carbocycles. The smallest absolute Gasteiger partial charge is 0.335 e. The number of amides is 2. The average molecular weight is 1730 g/mol. The van der Waals surface area contributed by atoms with Crippen LogP contribution in [0.5, 0.6) is 0 Å². The second kappa shape index (κ2) is 35.0. The Hall–Kier alpha value is -10.3. The maximum atomic E-state index is 14.5. The van der Waals surface area contributed by atoms with Crippen LogP contribution in [0, 0.1) is 17.5 Å². The first-order valence-electron chi connectivity index (χ1n) is 33.2. The molecule has 0 radical (unpaired) electrons. The Morgan fingerprint density at radius 1 is 0.425 bits per heavy atom. The van der Waals surface area contributed by atoms with E-state index in [1.165, 1.54) is 73.6 Å². The number of carboxylic acid groups (broad SMARTS) is 1. The molecule has 580 valence electrons. The van der Waals surface area contributed by atoms with Gasteiger partial charge in [0.1, 0.15) is 17.5 Å². The summed E-state index contributed by atoms with van der Waals surface area (Å²) in [7, 11) is -10.6. The fourth-order valence-electron chi connectivity index (χ4n) is 12.1. The van der Waals surface area contributed by atoms with E-state index in [1.807, 2.05) is 0 Å². The molecule has 15 aromatic rings. The fraction of sp³-hybridized carbons (Fsp3) is 0.115. The zero-order chi connectivity index (χ0) is 80.3. The highest BCUT2D eigenvalue weighted by Crippen LogP contribution is 2.33. The van der Waals surface area contributed by atoms with Gasteiger partial charge in [-0.25, -0.2) is 43.2 Å². The molecular weight excluding hydrogens is 1670 g/mol. The van der Waals surface area contributed by atoms with Crippen LogP contribution in [0.4, 0.5) is 13.2 Å². The van der Waals surface area contributed by atoms with Gasteiger partial charge >= 0.3 is 5.97 Å². The van der Waals surface area contributed by atoms with Crippen molar-refractivity contribution in [1.29, 1.82) is 0 Å². The van der Waals surface area contributed by atoms with E-state index in [1.54, 1.807) is 110 Å². The van der Waals surface area contributed by atoms with Crippen molar-refractivity contribution in [3.05, 3.63) is 298 Å². The Labute approximate surface area is 678 Å². The summed E-state index contributed by atoms with van der Waals surface area (Å²) in [5.41, 5.74) is 13.7. The molecule has 0 atom stereocenters. The van der Waals surface area contributed by atoms with Crippen molar-refractivity contribution in [2.24, 2.45) is 5.73 Å². The van der Waals surface area contributed by atoms with Crippen LogP contribution in [0.1, 0.15) is 81.5 Å². The molecule has 9 aromatic heterocycles. The molecule has 2 amide bonds. The predicted octanol–water partition coefficient (Wildman–Crippen LogP) is 16.8. The SMILES string of the molecule is CS(=O)(=O)c1cc(Cc2cc(C(=O)NCc3cc4c(Cl)c[nH]c4cc3F)ccn2)cc2cc(Cl)cnc12.CS(=O)(=O)c1cc(Cc2cc(C(=O)NCc3cc4c(Cl)c[nH]c4cc3F)ccn2)cc2cc(Cl)cnc12.CS(=O)(=O)c1cc(Cc2cc(C(=O)O)ccn2)cc2cc(Cl)cnc12.Cl.NCc1cc2c(Cl)c[nH]c2cc1F. The molecule has 0 saturated heterocycles. The highest BCUT2D eigenvalue weighted by atomic mass is 35.5. The zero-order valence-electron chi connectivity index (χ0n) is 59.0. The summed E-state index contributed by atoms with van der Waals surface area (Å²) in [5.74, 6) is -3.09. The first-order valence-corrected chi connectivity index (χ1v) is 41.1. The molecule has 0 aliphatic rings. The minimum atomic E-state index is -3.56. The number of pyridine rings is 6. The van der Waals surface area contributed by atoms with E-state index in [0.29, 0.717) is 152 Å². The number of nitrogens with zero attached hydrogens (tertiary/aromatic N) is 6. The first-order chi connectivity index (χ1) is 53.1. The number of aromatic amines is 3. The van der Waals surface area contributed by atoms with Gasteiger partial charge in [0.2, 0.25) is 0 Å². The predicted molar refractivity (Wildman–Crippen MR) is 435 cm³/mol. The molecule has 0 spiro atoms. The summed E-state index contributed by atoms with van der Waals surface area (Å²) >= 11 is 36.2. The number of hydrogen-bond acceptors (Lipinski definition) is 16. The van der Waals surface area contributed by atoms with Crippen LogP contribution in [0.25, 0.3) is 65.4 Å². The van der Waals surface area contributed by atoms with Crippen molar-refractivity contribution >= 4 is 195 Å². The van der Waals surface area contributed by atoms with Crippen LogP contribution in [0.15, 0.2) is 198 Å². The number of carbonyl (C=O) groups excluding carboxylic acids is 2. The van der Waals surface area contributed by atoms with E-state index >= 15 is 0 Å². The van der Waals surface area contributed by atoms with Crippen LogP contribution >= 0.6 is 82.0 Å². The number of sulfone groups is 3. The van der Waals surface area contributed by atoms with E-state index in [4.69, 9.17) is 80.4 Å². The number of aromatic nitrogens is 9. The monoisotopic (exact) mass is 1720 g/mol. The fourth-order valence-corrected chi connectivity index (χ4v) is 15.9. The van der Waals surface area contributed by atoms with Crippen LogP contribution in [0.2, 0.25) is 30.1 Å². The summed E-state index contributed by atoms with van der Waals surface area (Å²) in [6, 6.07) is 33.1. The van der Waals surface area contributed by atoms with Crippen molar-refractivity contribution in [2.75, 3.05) is 18.8 Å². The van der Waals surface area contributed by atoms with Gasteiger partial charge in [0.25, 0.3) is 11.8 Å². The number of benzene rings is 6. The van der Waals surface area contributed by atoms with E-state index in [-0.39, 0.29) is 77.4 Å². The molecule has 0 fully saturated rings. The van der Waals surface area contributed by atoms with Crippen molar-refractivity contribution in [3.8, 4) is 0 Å². The average Bonchev–Trinajstić information content (AvgIpc) is 1.75. The van der Waals surface area contributed by atoms with Crippen molar-refractivity contribution < 1.29 is 57.9 Å². The minimum Gasteiger partial charge on any atom is -0.478 e. The Balaban J connectivity index is 0.000000156. The van der Waals surface area contributed by atoms with Gasteiger partial charge in [-0.05, 0) is 144 Å². The number of halogens is 10. The lowest BCUT2D eigenvalue weighted by molar-refractivity contribution is 0.0695. The van der Waals surface area contributed by atoms with Gasteiger partial charge in [-0.2, -0.15) is 0 Å². The van der Waals surface area contributed by atoms with E-state index < -0.39 is 58.9 Å². The quantitative estimate of drug-likeness (QED) is 0.0445. The number of aromatic carboxylic acids is 1. The molecule has 0 saturated carbocycles. The number of rotatable bonds is 17. The van der Waals surface area contributed by atoms with Gasteiger partial charge in [0.15, 0.2) is 29.5 Å². The number of nitrogens with two attached hydrogens (primary N) is 1. The Kier molecular flexibility index (Phi) is 25.9. The summed E-state index contributed by atoms with van der Waals surface area (Å²) in [4.78, 5) is 70.9. The van der Waals surface area contributed by atoms with Gasteiger partial charge < -0.3 is 36.4 Å². The third kappa shape index (κ3) is 20.2. The van der Waals surface area contributed by atoms with E-state index in [9.17, 15) is 52.8 Å². The topological polar surface area (TPSA) is 349 Å². The largest absolute Gasteiger partial charge is 0.478 e. The van der Waals surface area contributed by atoms with Crippen molar-refractivity contribution in [2.45, 2.75) is 53.6 Å². The molecule has 9 heterocycles. The molecule has 8 N–H and O–H groups in total. The van der Waals surface area contributed by atoms with Gasteiger partial charge in [-0.3, -0.25) is 39.5 Å². The van der Waals surface area contributed by atoms with Gasteiger partial charge in [-0.15, -0.1) is 12.4 Å². The highest BCUT2D eigenvalue weighted by Gasteiger charge is 2.22. The Bertz CT molecular complexity index is 6400. The summed E-state index contributed by atoms with van der Waals surface area (Å²) in [6.45, 7) is 0.120. The van der Waals surface area contributed by atoms with Crippen molar-refractivity contribution in [1.82, 2.24) is 55.5 Å². The summed E-state index contributed by atoms with van der Waals surface area (Å²) < 4.78 is 116. The summed E-state index contributed by atoms with van der Waals surface area (Å²) in [5, 5.41) is 21.1. The lowest BCUT2D eigenvalue weighted by Gasteiger charge is -2.10. The normalized spacial score (nSPS) is 11.5. The Morgan fingerprint density at radius 3 is 1.04 bits per heavy atom. The molecule has 0 bridgehead atoms. The highest BCUT2D eigenvalue weighted by molar-refractivity contribution is 7.91. The standard InChI is InChI=1S/2C26H19Cl2FN4O3S.C17H13ClN2O4S.C9H8ClFN2.ClH/c2*1-37(35,36)24-6-14(4-16-7-18(27)12-32-25(16)24)5-19-8-15(2-3-30-19)26(34)33-11-17-9-20-21(28)13-31-23(20)10-22(17)29;1-25(23,24)15-6-10(4-12-7-13(18)9-20-16(12)15)5-14-8-11(17(21)22)2-3-19-14;10-7-4-13-9-2-8(11)5(3-12)1-6(7)9;/h2*2-4,6-10,12-13,31H,5,11H2,1H3,(H,33,34);2-4,6-9H,5H2,1H3,(H,21,22);1-2,4,13H,3,12H2;1H. The maximum absolute atomic E-state index is 14.5. The molecular formula is C78H60Cl7F3N12O10S3. The number of hydrogen-bond donors (Lipinski definition) is 7. The number of H-pyrrole nitrogens is 3. The number of carboxylic acids is 1. The van der Waals surface area contributed by atoms with E-state index in [0.717, 1.165) is 24.2 Å². The number of carbonyl (C=O) groups is 3. The van der Waals surface area contributed by atoms with Crippen LogP contribution in [-0.4, -0.2) is 112 Å². The second-order valence-corrected chi connectivity index (χ2v) is 34.1. The Morgan fingerprint density at radius 2 is 0.726 bits per heavy atom. The molecule has 35 heteroatoms.